The van der Waals surface area contributed by atoms with Crippen molar-refractivity contribution in [3.8, 4) is 0 Å². The second kappa shape index (κ2) is 5.61. The van der Waals surface area contributed by atoms with Gasteiger partial charge in [-0.25, -0.2) is 4.21 Å². The van der Waals surface area contributed by atoms with Crippen molar-refractivity contribution >= 4 is 27.2 Å². The molecule has 11 heavy (non-hydrogen) atoms. The van der Waals surface area contributed by atoms with E-state index in [-0.39, 0.29) is 0 Å². The highest BCUT2D eigenvalue weighted by molar-refractivity contribution is 8.21. The maximum absolute atomic E-state index is 10.5. The third kappa shape index (κ3) is 5.27. The molecule has 0 N–H and O–H groups in total. The van der Waals surface area contributed by atoms with Crippen LogP contribution in [-0.4, -0.2) is 14.2 Å². The lowest BCUT2D eigenvalue weighted by atomic mass is 10.3. The quantitative estimate of drug-likeness (QED) is 0.502. The Balaban J connectivity index is 3.92. The van der Waals surface area contributed by atoms with Gasteiger partial charge in [0.2, 0.25) is 0 Å². The summed E-state index contributed by atoms with van der Waals surface area (Å²) in [5.74, 6) is 1.23. The van der Waals surface area contributed by atoms with Crippen molar-refractivity contribution in [3.63, 3.8) is 0 Å². The Hall–Kier alpha value is -0.0200. The molecule has 0 radical (unpaired) electrons. The van der Waals surface area contributed by atoms with E-state index in [9.17, 15) is 4.21 Å². The lowest BCUT2D eigenvalue weighted by Crippen LogP contribution is -2.03. The van der Waals surface area contributed by atoms with Crippen LogP contribution in [0.5, 0.6) is 0 Å². The molecule has 0 amide bonds. The summed E-state index contributed by atoms with van der Waals surface area (Å²) >= 11 is 2.21. The SMILES string of the molecule is C=C(C)CSC(=S=O)C(C)C. The van der Waals surface area contributed by atoms with Gasteiger partial charge >= 0.3 is 0 Å². The van der Waals surface area contributed by atoms with Crippen molar-refractivity contribution in [1.82, 2.24) is 0 Å². The lowest BCUT2D eigenvalue weighted by Gasteiger charge is -2.04. The van der Waals surface area contributed by atoms with Crippen molar-refractivity contribution in [2.45, 2.75) is 20.8 Å². The summed E-state index contributed by atoms with van der Waals surface area (Å²) in [5, 5.41) is 0. The summed E-state index contributed by atoms with van der Waals surface area (Å²) in [6, 6.07) is 0. The highest BCUT2D eigenvalue weighted by atomic mass is 32.2. The minimum Gasteiger partial charge on any atom is -0.212 e. The van der Waals surface area contributed by atoms with Gasteiger partial charge in [0.05, 0.1) is 15.5 Å². The zero-order valence-corrected chi connectivity index (χ0v) is 8.85. The van der Waals surface area contributed by atoms with Crippen LogP contribution in [0.3, 0.4) is 0 Å². The molecule has 0 aromatic rings. The molecule has 0 fully saturated rings. The molecule has 64 valence electrons. The zero-order valence-electron chi connectivity index (χ0n) is 7.22. The molecular formula is C8H14OS2. The van der Waals surface area contributed by atoms with Gasteiger partial charge in [0.25, 0.3) is 0 Å². The molecule has 0 aromatic heterocycles. The Bertz CT molecular complexity index is 190. The predicted molar refractivity (Wildman–Crippen MR) is 55.3 cm³/mol. The smallest absolute Gasteiger partial charge is 0.0993 e. The van der Waals surface area contributed by atoms with Crippen LogP contribution >= 0.6 is 11.8 Å². The Kier molecular flexibility index (Phi) is 5.60. The minimum atomic E-state index is 0.363. The third-order valence-corrected chi connectivity index (χ3v) is 3.60. The number of hydrogen-bond donors (Lipinski definition) is 0. The van der Waals surface area contributed by atoms with Gasteiger partial charge in [0, 0.05) is 5.75 Å². The molecule has 0 aliphatic rings. The van der Waals surface area contributed by atoms with Gasteiger partial charge in [-0.2, -0.15) is 0 Å². The second-order valence-corrected chi connectivity index (χ2v) is 4.68. The highest BCUT2D eigenvalue weighted by Gasteiger charge is 2.04. The van der Waals surface area contributed by atoms with Crippen LogP contribution in [0.2, 0.25) is 0 Å². The standard InChI is InChI=1S/C8H14OS2/c1-6(2)5-10-8(11-9)7(3)4/h7H,1,5H2,2-4H3. The maximum atomic E-state index is 10.5. The summed E-state index contributed by atoms with van der Waals surface area (Å²) < 4.78 is 11.5. The topological polar surface area (TPSA) is 17.1 Å². The fourth-order valence-corrected chi connectivity index (χ4v) is 1.76. The molecule has 0 heterocycles. The maximum Gasteiger partial charge on any atom is 0.0993 e. The summed E-state index contributed by atoms with van der Waals surface area (Å²) in [5.41, 5.74) is 1.11. The molecular weight excluding hydrogens is 176 g/mol. The van der Waals surface area contributed by atoms with E-state index in [1.54, 1.807) is 11.8 Å². The summed E-state index contributed by atoms with van der Waals surface area (Å²) in [4.78, 5) is 0. The molecule has 0 rings (SSSR count). The van der Waals surface area contributed by atoms with E-state index in [1.807, 2.05) is 20.8 Å². The zero-order chi connectivity index (χ0) is 8.85. The summed E-state index contributed by atoms with van der Waals surface area (Å²) in [6.45, 7) is 9.81. The van der Waals surface area contributed by atoms with Crippen LogP contribution in [0.4, 0.5) is 0 Å². The monoisotopic (exact) mass is 190 g/mol. The average molecular weight is 190 g/mol. The van der Waals surface area contributed by atoms with Gasteiger partial charge in [-0.15, -0.1) is 11.8 Å². The molecule has 0 aliphatic heterocycles. The first kappa shape index (κ1) is 11.0. The fraction of sp³-hybridized carbons (Fsp3) is 0.625. The number of rotatable bonds is 3. The second-order valence-electron chi connectivity index (χ2n) is 2.80. The highest BCUT2D eigenvalue weighted by Crippen LogP contribution is 2.13. The molecule has 1 nitrogen and oxygen atoms in total. The first-order chi connectivity index (χ1) is 5.07. The van der Waals surface area contributed by atoms with Gasteiger partial charge in [-0.1, -0.05) is 26.0 Å². The molecule has 0 unspecified atom stereocenters. The normalized spacial score (nSPS) is 9.82. The average Bonchev–Trinajstić information content (AvgIpc) is 1.87. The Morgan fingerprint density at radius 3 is 2.36 bits per heavy atom. The molecule has 0 saturated carbocycles. The van der Waals surface area contributed by atoms with E-state index in [4.69, 9.17) is 0 Å². The Morgan fingerprint density at radius 1 is 1.55 bits per heavy atom. The van der Waals surface area contributed by atoms with Crippen molar-refractivity contribution in [2.75, 3.05) is 5.75 Å². The Labute approximate surface area is 76.3 Å². The molecule has 0 aromatic carbocycles. The molecule has 0 bridgehead atoms. The van der Waals surface area contributed by atoms with Gasteiger partial charge in [0.1, 0.15) is 0 Å². The van der Waals surface area contributed by atoms with Crippen LogP contribution in [0.1, 0.15) is 20.8 Å². The first-order valence-corrected chi connectivity index (χ1v) is 5.24. The van der Waals surface area contributed by atoms with Crippen molar-refractivity contribution in [2.24, 2.45) is 5.92 Å². The van der Waals surface area contributed by atoms with Gasteiger partial charge < -0.3 is 0 Å². The van der Waals surface area contributed by atoms with Gasteiger partial charge in [0.15, 0.2) is 0 Å². The molecule has 0 aliphatic carbocycles. The predicted octanol–water partition coefficient (Wildman–Crippen LogP) is 2.29. The van der Waals surface area contributed by atoms with E-state index < -0.39 is 0 Å². The molecule has 0 atom stereocenters. The van der Waals surface area contributed by atoms with Gasteiger partial charge in [-0.05, 0) is 12.8 Å². The summed E-state index contributed by atoms with van der Waals surface area (Å²) in [7, 11) is 0. The number of hydrogen-bond acceptors (Lipinski definition) is 2. The van der Waals surface area contributed by atoms with Crippen molar-refractivity contribution in [1.29, 1.82) is 0 Å². The van der Waals surface area contributed by atoms with E-state index >= 15 is 0 Å². The minimum absolute atomic E-state index is 0.363. The Morgan fingerprint density at radius 2 is 2.09 bits per heavy atom. The molecule has 0 saturated heterocycles. The first-order valence-electron chi connectivity index (χ1n) is 3.51. The largest absolute Gasteiger partial charge is 0.212 e. The van der Waals surface area contributed by atoms with Crippen LogP contribution in [0.15, 0.2) is 12.2 Å². The van der Waals surface area contributed by atoms with Crippen LogP contribution in [-0.2, 0) is 11.3 Å². The van der Waals surface area contributed by atoms with E-state index in [0.717, 1.165) is 15.5 Å². The number of thioether (sulfide) groups is 1. The van der Waals surface area contributed by atoms with Crippen LogP contribution in [0.25, 0.3) is 0 Å². The third-order valence-electron chi connectivity index (χ3n) is 1.01. The fourth-order valence-electron chi connectivity index (χ4n) is 0.481. The van der Waals surface area contributed by atoms with Gasteiger partial charge in [-0.3, -0.25) is 0 Å². The lowest BCUT2D eigenvalue weighted by molar-refractivity contribution is 0.700. The van der Waals surface area contributed by atoms with E-state index in [2.05, 4.69) is 6.58 Å². The van der Waals surface area contributed by atoms with E-state index in [0.29, 0.717) is 17.2 Å². The van der Waals surface area contributed by atoms with Crippen LogP contribution in [0, 0.1) is 5.92 Å². The van der Waals surface area contributed by atoms with Crippen molar-refractivity contribution < 1.29 is 4.21 Å². The molecule has 3 heteroatoms. The van der Waals surface area contributed by atoms with E-state index in [1.165, 1.54) is 0 Å². The summed E-state index contributed by atoms with van der Waals surface area (Å²) in [6.07, 6.45) is 0. The molecule has 0 spiro atoms. The van der Waals surface area contributed by atoms with Crippen molar-refractivity contribution in [3.05, 3.63) is 12.2 Å². The van der Waals surface area contributed by atoms with Crippen LogP contribution < -0.4 is 0 Å².